The first-order valence-electron chi connectivity index (χ1n) is 4.02. The molecule has 0 aromatic heterocycles. The first-order chi connectivity index (χ1) is 5.88. The Labute approximate surface area is 76.2 Å². The molecule has 0 bridgehead atoms. The number of nitrogens with two attached hydrogens (primary N) is 1. The Morgan fingerprint density at radius 1 is 1.23 bits per heavy atom. The molecule has 66 valence electrons. The van der Waals surface area contributed by atoms with Gasteiger partial charge in [0.2, 0.25) is 0 Å². The smallest absolute Gasteiger partial charge is 0.0724 e. The minimum atomic E-state index is 0. The molecule has 3 nitrogen and oxygen atoms in total. The largest absolute Gasteiger partial charge is 0.344 e. The summed E-state index contributed by atoms with van der Waals surface area (Å²) in [7, 11) is 0. The Morgan fingerprint density at radius 3 is 2.85 bits per heavy atom. The Bertz CT molecular complexity index is 477. The summed E-state index contributed by atoms with van der Waals surface area (Å²) in [5, 5.41) is 1.27. The predicted molar refractivity (Wildman–Crippen MR) is 53.7 cm³/mol. The van der Waals surface area contributed by atoms with Crippen LogP contribution >= 0.6 is 0 Å². The van der Waals surface area contributed by atoms with Crippen LogP contribution in [0.25, 0.3) is 22.2 Å². The Balaban J connectivity index is 0.000000653. The fraction of sp³-hybridized carbons (Fsp3) is 0.100. The van der Waals surface area contributed by atoms with Crippen molar-refractivity contribution >= 4 is 10.9 Å². The summed E-state index contributed by atoms with van der Waals surface area (Å²) in [6, 6.07) is 8.34. The third-order valence-corrected chi connectivity index (χ3v) is 2.30. The number of hydrogen-bond donors (Lipinski definition) is 2. The van der Waals surface area contributed by atoms with E-state index < -0.39 is 0 Å². The number of aromatic nitrogens is 1. The Hall–Kier alpha value is -1.45. The van der Waals surface area contributed by atoms with E-state index in [0.29, 0.717) is 6.54 Å². The average molecular weight is 173 g/mol. The van der Waals surface area contributed by atoms with Crippen LogP contribution in [0.3, 0.4) is 0 Å². The van der Waals surface area contributed by atoms with E-state index in [1.54, 1.807) is 0 Å². The summed E-state index contributed by atoms with van der Waals surface area (Å²) < 4.78 is 0. The number of benzene rings is 1. The molecule has 0 saturated heterocycles. The van der Waals surface area contributed by atoms with Gasteiger partial charge in [-0.3, -0.25) is 0 Å². The fourth-order valence-corrected chi connectivity index (χ4v) is 1.56. The average Bonchev–Trinajstić information content (AvgIpc) is 2.78. The van der Waals surface area contributed by atoms with Crippen molar-refractivity contribution in [1.82, 2.24) is 11.1 Å². The quantitative estimate of drug-likeness (QED) is 0.589. The predicted octanol–water partition coefficient (Wildman–Crippen LogP) is 1.84. The number of nitrogens with zero attached hydrogens (tertiary/aromatic N) is 1. The van der Waals surface area contributed by atoms with Crippen LogP contribution in [0.4, 0.5) is 0 Å². The molecule has 1 heterocycles. The van der Waals surface area contributed by atoms with Gasteiger partial charge in [0.25, 0.3) is 0 Å². The molecule has 13 heavy (non-hydrogen) atoms. The fourth-order valence-electron chi connectivity index (χ4n) is 1.56. The lowest BCUT2D eigenvalue weighted by Gasteiger charge is -1.94. The number of hydrogen-bond acceptors (Lipinski definition) is 3. The summed E-state index contributed by atoms with van der Waals surface area (Å²) in [6.07, 6.45) is 0. The van der Waals surface area contributed by atoms with Crippen molar-refractivity contribution in [2.75, 3.05) is 0 Å². The zero-order valence-electron chi connectivity index (χ0n) is 7.25. The molecule has 0 spiro atoms. The summed E-state index contributed by atoms with van der Waals surface area (Å²) >= 11 is 0. The lowest BCUT2D eigenvalue weighted by atomic mass is 10.1. The minimum Gasteiger partial charge on any atom is -0.344 e. The highest BCUT2D eigenvalue weighted by Gasteiger charge is 2.18. The van der Waals surface area contributed by atoms with Crippen LogP contribution in [-0.2, 0) is 6.54 Å². The molecular weight excluding hydrogens is 162 g/mol. The monoisotopic (exact) mass is 173 g/mol. The molecule has 0 atom stereocenters. The summed E-state index contributed by atoms with van der Waals surface area (Å²) in [5.41, 5.74) is 10.2. The molecule has 0 saturated carbocycles. The Kier molecular flexibility index (Phi) is 1.58. The van der Waals surface area contributed by atoms with Gasteiger partial charge in [0, 0.05) is 17.5 Å². The van der Waals surface area contributed by atoms with Crippen molar-refractivity contribution in [1.29, 1.82) is 0 Å². The topological polar surface area (TPSA) is 73.9 Å². The molecule has 0 amide bonds. The van der Waals surface area contributed by atoms with Crippen molar-refractivity contribution < 1.29 is 0 Å². The zero-order valence-corrected chi connectivity index (χ0v) is 7.25. The first kappa shape index (κ1) is 8.16. The molecule has 0 unspecified atom stereocenters. The highest BCUT2D eigenvalue weighted by Crippen LogP contribution is 2.39. The van der Waals surface area contributed by atoms with Crippen molar-refractivity contribution in [3.05, 3.63) is 29.8 Å². The molecule has 1 aromatic carbocycles. The van der Waals surface area contributed by atoms with Gasteiger partial charge in [-0.1, -0.05) is 12.1 Å². The normalized spacial score (nSPS) is 11.2. The van der Waals surface area contributed by atoms with Crippen LogP contribution in [0.1, 0.15) is 5.56 Å². The van der Waals surface area contributed by atoms with E-state index in [2.05, 4.69) is 29.2 Å². The highest BCUT2D eigenvalue weighted by atomic mass is 14.8. The molecule has 0 radical (unpaired) electrons. The molecule has 3 heteroatoms. The maximum absolute atomic E-state index is 5.53. The third-order valence-electron chi connectivity index (χ3n) is 2.30. The number of pyridine rings is 1. The number of rotatable bonds is 1. The summed E-state index contributed by atoms with van der Waals surface area (Å²) in [6.45, 7) is 0.594. The number of fused-ring (bicyclic) bond motifs is 3. The van der Waals surface area contributed by atoms with Gasteiger partial charge in [-0.05, 0) is 17.7 Å². The van der Waals surface area contributed by atoms with Crippen LogP contribution < -0.4 is 11.9 Å². The van der Waals surface area contributed by atoms with Crippen LogP contribution in [0.2, 0.25) is 0 Å². The third kappa shape index (κ3) is 1.02. The standard InChI is InChI=1S/C10H8N2.H3N/c11-5-6-1-2-7-8-4-10(8)12-9(7)3-6;/h1-4H,5,11H2;1H3. The van der Waals surface area contributed by atoms with E-state index in [1.165, 1.54) is 10.9 Å². The molecule has 5 N–H and O–H groups in total. The van der Waals surface area contributed by atoms with Gasteiger partial charge in [0.15, 0.2) is 0 Å². The molecule has 1 aliphatic carbocycles. The molecule has 1 aromatic rings. The second kappa shape index (κ2) is 2.52. The van der Waals surface area contributed by atoms with Crippen molar-refractivity contribution in [3.63, 3.8) is 0 Å². The molecule has 2 aliphatic rings. The van der Waals surface area contributed by atoms with Crippen LogP contribution in [0.15, 0.2) is 24.3 Å². The van der Waals surface area contributed by atoms with E-state index in [9.17, 15) is 0 Å². The SMILES string of the molecule is N.NCc1ccc2c3cc-3nc2c1. The van der Waals surface area contributed by atoms with E-state index in [0.717, 1.165) is 16.8 Å². The van der Waals surface area contributed by atoms with E-state index in [1.807, 2.05) is 0 Å². The molecular formula is C10H11N3. The zero-order chi connectivity index (χ0) is 8.13. The maximum atomic E-state index is 5.53. The van der Waals surface area contributed by atoms with Crippen molar-refractivity contribution in [2.24, 2.45) is 5.73 Å². The second-order valence-corrected chi connectivity index (χ2v) is 3.11. The van der Waals surface area contributed by atoms with Gasteiger partial charge in [0.05, 0.1) is 11.2 Å². The molecule has 3 rings (SSSR count). The summed E-state index contributed by atoms with van der Waals surface area (Å²) in [4.78, 5) is 4.40. The lowest BCUT2D eigenvalue weighted by Crippen LogP contribution is -1.94. The van der Waals surface area contributed by atoms with E-state index in [4.69, 9.17) is 5.73 Å². The second-order valence-electron chi connectivity index (χ2n) is 3.11. The lowest BCUT2D eigenvalue weighted by molar-refractivity contribution is 1.07. The van der Waals surface area contributed by atoms with Gasteiger partial charge in [0.1, 0.15) is 0 Å². The van der Waals surface area contributed by atoms with Crippen LogP contribution in [0.5, 0.6) is 0 Å². The van der Waals surface area contributed by atoms with Crippen molar-refractivity contribution in [3.8, 4) is 11.3 Å². The molecule has 1 aliphatic heterocycles. The van der Waals surface area contributed by atoms with Crippen LogP contribution in [-0.4, -0.2) is 4.98 Å². The van der Waals surface area contributed by atoms with Gasteiger partial charge >= 0.3 is 0 Å². The highest BCUT2D eigenvalue weighted by molar-refractivity contribution is 6.04. The van der Waals surface area contributed by atoms with Gasteiger partial charge in [-0.15, -0.1) is 0 Å². The molecule has 0 fully saturated rings. The van der Waals surface area contributed by atoms with Gasteiger partial charge in [-0.25, -0.2) is 4.98 Å². The first-order valence-corrected chi connectivity index (χ1v) is 4.02. The Morgan fingerprint density at radius 2 is 2.08 bits per heavy atom. The minimum absolute atomic E-state index is 0. The van der Waals surface area contributed by atoms with E-state index >= 15 is 0 Å². The van der Waals surface area contributed by atoms with Crippen LogP contribution in [0, 0.1) is 0 Å². The van der Waals surface area contributed by atoms with E-state index in [-0.39, 0.29) is 6.15 Å². The maximum Gasteiger partial charge on any atom is 0.0724 e. The van der Waals surface area contributed by atoms with Gasteiger partial charge < -0.3 is 11.9 Å². The van der Waals surface area contributed by atoms with Crippen molar-refractivity contribution in [2.45, 2.75) is 6.54 Å². The summed E-state index contributed by atoms with van der Waals surface area (Å²) in [5.74, 6) is 0. The van der Waals surface area contributed by atoms with Gasteiger partial charge in [-0.2, -0.15) is 0 Å².